The molecule has 3 heteroatoms. The van der Waals surface area contributed by atoms with Crippen molar-refractivity contribution < 1.29 is 0 Å². The molecule has 112 valence electrons. The first-order valence-electron chi connectivity index (χ1n) is 7.86. The molecule has 20 heavy (non-hydrogen) atoms. The standard InChI is InChI=1S/C17H29N3/c1-19-13-10-16(11-14-19)20(2)12-6-9-17(18)15-7-4-3-5-8-15/h3-5,7-8,16-17H,6,9-14,18H2,1-2H3. The molecule has 1 aliphatic rings. The molecular weight excluding hydrogens is 246 g/mol. The third-order valence-electron chi connectivity index (χ3n) is 4.57. The topological polar surface area (TPSA) is 32.5 Å². The van der Waals surface area contributed by atoms with Crippen molar-refractivity contribution in [2.24, 2.45) is 5.73 Å². The van der Waals surface area contributed by atoms with Crippen molar-refractivity contribution in [3.8, 4) is 0 Å². The van der Waals surface area contributed by atoms with E-state index in [1.54, 1.807) is 0 Å². The maximum atomic E-state index is 6.25. The van der Waals surface area contributed by atoms with Crippen LogP contribution in [0, 0.1) is 0 Å². The lowest BCUT2D eigenvalue weighted by Crippen LogP contribution is -2.42. The van der Waals surface area contributed by atoms with Crippen molar-refractivity contribution in [1.29, 1.82) is 0 Å². The minimum absolute atomic E-state index is 0.182. The second-order valence-corrected chi connectivity index (χ2v) is 6.17. The van der Waals surface area contributed by atoms with E-state index in [4.69, 9.17) is 5.73 Å². The van der Waals surface area contributed by atoms with E-state index in [9.17, 15) is 0 Å². The molecule has 0 spiro atoms. The molecule has 0 amide bonds. The van der Waals surface area contributed by atoms with Crippen molar-refractivity contribution in [1.82, 2.24) is 9.80 Å². The zero-order valence-corrected chi connectivity index (χ0v) is 13.0. The van der Waals surface area contributed by atoms with Crippen LogP contribution >= 0.6 is 0 Å². The third kappa shape index (κ3) is 4.58. The van der Waals surface area contributed by atoms with Gasteiger partial charge in [-0.05, 0) is 65.0 Å². The smallest absolute Gasteiger partial charge is 0.0295 e. The quantitative estimate of drug-likeness (QED) is 0.866. The minimum atomic E-state index is 0.182. The molecule has 0 saturated carbocycles. The van der Waals surface area contributed by atoms with Gasteiger partial charge in [-0.15, -0.1) is 0 Å². The first kappa shape index (κ1) is 15.5. The molecule has 2 N–H and O–H groups in total. The normalized spacial score (nSPS) is 19.4. The number of hydrogen-bond acceptors (Lipinski definition) is 3. The third-order valence-corrected chi connectivity index (χ3v) is 4.57. The minimum Gasteiger partial charge on any atom is -0.324 e. The highest BCUT2D eigenvalue weighted by Crippen LogP contribution is 2.18. The Hall–Kier alpha value is -0.900. The lowest BCUT2D eigenvalue weighted by Gasteiger charge is -2.35. The Bertz CT molecular complexity index is 371. The van der Waals surface area contributed by atoms with Gasteiger partial charge in [0.2, 0.25) is 0 Å². The molecule has 0 aromatic heterocycles. The van der Waals surface area contributed by atoms with E-state index in [0.717, 1.165) is 19.0 Å². The second kappa shape index (κ2) is 7.77. The van der Waals surface area contributed by atoms with Crippen LogP contribution in [-0.4, -0.2) is 49.6 Å². The van der Waals surface area contributed by atoms with E-state index < -0.39 is 0 Å². The van der Waals surface area contributed by atoms with Crippen LogP contribution in [0.2, 0.25) is 0 Å². The summed E-state index contributed by atoms with van der Waals surface area (Å²) in [6.45, 7) is 3.63. The molecule has 0 radical (unpaired) electrons. The largest absolute Gasteiger partial charge is 0.324 e. The predicted molar refractivity (Wildman–Crippen MR) is 85.8 cm³/mol. The van der Waals surface area contributed by atoms with E-state index >= 15 is 0 Å². The van der Waals surface area contributed by atoms with Crippen LogP contribution in [-0.2, 0) is 0 Å². The SMILES string of the molecule is CN1CCC(N(C)CCCC(N)c2ccccc2)CC1. The van der Waals surface area contributed by atoms with Crippen LogP contribution in [0.5, 0.6) is 0 Å². The van der Waals surface area contributed by atoms with Gasteiger partial charge in [-0.25, -0.2) is 0 Å². The molecule has 1 aromatic carbocycles. The fourth-order valence-corrected chi connectivity index (χ4v) is 3.05. The average Bonchev–Trinajstić information content (AvgIpc) is 2.48. The fraction of sp³-hybridized carbons (Fsp3) is 0.647. The van der Waals surface area contributed by atoms with Gasteiger partial charge in [-0.2, -0.15) is 0 Å². The van der Waals surface area contributed by atoms with Crippen LogP contribution in [0.1, 0.15) is 37.3 Å². The van der Waals surface area contributed by atoms with Crippen LogP contribution in [0.3, 0.4) is 0 Å². The first-order chi connectivity index (χ1) is 9.66. The zero-order valence-electron chi connectivity index (χ0n) is 13.0. The van der Waals surface area contributed by atoms with Gasteiger partial charge in [0.15, 0.2) is 0 Å². The highest BCUT2D eigenvalue weighted by atomic mass is 15.2. The molecule has 1 atom stereocenters. The summed E-state index contributed by atoms with van der Waals surface area (Å²) in [7, 11) is 4.49. The molecule has 1 unspecified atom stereocenters. The van der Waals surface area contributed by atoms with Crippen LogP contribution in [0.25, 0.3) is 0 Å². The Labute approximate surface area is 123 Å². The lowest BCUT2D eigenvalue weighted by molar-refractivity contribution is 0.142. The van der Waals surface area contributed by atoms with E-state index in [-0.39, 0.29) is 6.04 Å². The Balaban J connectivity index is 1.67. The van der Waals surface area contributed by atoms with Crippen LogP contribution in [0.15, 0.2) is 30.3 Å². The second-order valence-electron chi connectivity index (χ2n) is 6.17. The molecule has 1 aromatic rings. The van der Waals surface area contributed by atoms with Crippen molar-refractivity contribution in [3.63, 3.8) is 0 Å². The Morgan fingerprint density at radius 2 is 1.90 bits per heavy atom. The van der Waals surface area contributed by atoms with Crippen molar-refractivity contribution >= 4 is 0 Å². The van der Waals surface area contributed by atoms with E-state index in [1.165, 1.54) is 37.9 Å². The number of piperidine rings is 1. The fourth-order valence-electron chi connectivity index (χ4n) is 3.05. The molecule has 1 aliphatic heterocycles. The number of rotatable bonds is 6. The summed E-state index contributed by atoms with van der Waals surface area (Å²) in [6.07, 6.45) is 4.86. The van der Waals surface area contributed by atoms with Crippen molar-refractivity contribution in [2.45, 2.75) is 37.8 Å². The highest BCUT2D eigenvalue weighted by Gasteiger charge is 2.20. The molecule has 1 fully saturated rings. The summed E-state index contributed by atoms with van der Waals surface area (Å²) < 4.78 is 0. The summed E-state index contributed by atoms with van der Waals surface area (Å²) in [6, 6.07) is 11.4. The highest BCUT2D eigenvalue weighted by molar-refractivity contribution is 5.18. The summed E-state index contributed by atoms with van der Waals surface area (Å²) in [4.78, 5) is 4.96. The maximum absolute atomic E-state index is 6.25. The number of nitrogens with two attached hydrogens (primary N) is 1. The van der Waals surface area contributed by atoms with Gasteiger partial charge in [0, 0.05) is 12.1 Å². The van der Waals surface area contributed by atoms with Gasteiger partial charge < -0.3 is 15.5 Å². The summed E-state index contributed by atoms with van der Waals surface area (Å²) in [5.41, 5.74) is 7.51. The van der Waals surface area contributed by atoms with Gasteiger partial charge in [0.25, 0.3) is 0 Å². The van der Waals surface area contributed by atoms with E-state index in [1.807, 2.05) is 6.07 Å². The lowest BCUT2D eigenvalue weighted by atomic mass is 10.0. The van der Waals surface area contributed by atoms with Gasteiger partial charge in [-0.3, -0.25) is 0 Å². The first-order valence-corrected chi connectivity index (χ1v) is 7.86. The Morgan fingerprint density at radius 3 is 2.55 bits per heavy atom. The molecule has 0 bridgehead atoms. The van der Waals surface area contributed by atoms with E-state index in [2.05, 4.69) is 48.2 Å². The number of hydrogen-bond donors (Lipinski definition) is 1. The van der Waals surface area contributed by atoms with Crippen LogP contribution < -0.4 is 5.73 Å². The number of nitrogens with zero attached hydrogens (tertiary/aromatic N) is 2. The predicted octanol–water partition coefficient (Wildman–Crippen LogP) is 2.49. The Kier molecular flexibility index (Phi) is 6.02. The van der Waals surface area contributed by atoms with Gasteiger partial charge >= 0.3 is 0 Å². The van der Waals surface area contributed by atoms with Gasteiger partial charge in [0.1, 0.15) is 0 Å². The Morgan fingerprint density at radius 1 is 1.25 bits per heavy atom. The monoisotopic (exact) mass is 275 g/mol. The van der Waals surface area contributed by atoms with E-state index in [0.29, 0.717) is 0 Å². The maximum Gasteiger partial charge on any atom is 0.0295 e. The molecule has 2 rings (SSSR count). The molecule has 0 aliphatic carbocycles. The van der Waals surface area contributed by atoms with Crippen molar-refractivity contribution in [2.75, 3.05) is 33.7 Å². The summed E-state index contributed by atoms with van der Waals surface area (Å²) >= 11 is 0. The zero-order chi connectivity index (χ0) is 14.4. The van der Waals surface area contributed by atoms with Crippen LogP contribution in [0.4, 0.5) is 0 Å². The average molecular weight is 275 g/mol. The number of benzene rings is 1. The molecule has 1 saturated heterocycles. The van der Waals surface area contributed by atoms with Gasteiger partial charge in [0.05, 0.1) is 0 Å². The summed E-state index contributed by atoms with van der Waals surface area (Å²) in [5.74, 6) is 0. The molecular formula is C17H29N3. The number of likely N-dealkylation sites (tertiary alicyclic amines) is 1. The van der Waals surface area contributed by atoms with Crippen molar-refractivity contribution in [3.05, 3.63) is 35.9 Å². The molecule has 1 heterocycles. The summed E-state index contributed by atoms with van der Waals surface area (Å²) in [5, 5.41) is 0. The molecule has 3 nitrogen and oxygen atoms in total. The van der Waals surface area contributed by atoms with Gasteiger partial charge in [-0.1, -0.05) is 30.3 Å².